The number of hydrogen-bond acceptors (Lipinski definition) is 4. The van der Waals surface area contributed by atoms with Gasteiger partial charge < -0.3 is 10.1 Å². The molecule has 0 saturated carbocycles. The van der Waals surface area contributed by atoms with Crippen molar-refractivity contribution in [1.82, 2.24) is 5.32 Å². The summed E-state index contributed by atoms with van der Waals surface area (Å²) in [5.74, 6) is -0.505. The van der Waals surface area contributed by atoms with Gasteiger partial charge in [-0.15, -0.1) is 11.3 Å². The molecule has 1 aromatic heterocycles. The Hall–Kier alpha value is -0.880. The number of hydrogen-bond donors (Lipinski definition) is 1. The highest BCUT2D eigenvalue weighted by molar-refractivity contribution is 9.10. The second-order valence-corrected chi connectivity index (χ2v) is 5.99. The quantitative estimate of drug-likeness (QED) is 0.843. The second-order valence-electron chi connectivity index (χ2n) is 4.22. The van der Waals surface area contributed by atoms with E-state index in [1.807, 2.05) is 25.3 Å². The maximum atomic E-state index is 12.1. The first kappa shape index (κ1) is 15.2. The van der Waals surface area contributed by atoms with Crippen LogP contribution in [0.2, 0.25) is 0 Å². The van der Waals surface area contributed by atoms with E-state index in [9.17, 15) is 9.59 Å². The lowest BCUT2D eigenvalue weighted by molar-refractivity contribution is -0.142. The van der Waals surface area contributed by atoms with Crippen molar-refractivity contribution in [1.29, 1.82) is 0 Å². The van der Waals surface area contributed by atoms with Crippen LogP contribution in [-0.2, 0) is 9.53 Å². The van der Waals surface area contributed by atoms with E-state index in [1.165, 1.54) is 18.4 Å². The molecule has 4 nitrogen and oxygen atoms in total. The van der Waals surface area contributed by atoms with Crippen molar-refractivity contribution in [3.05, 3.63) is 20.8 Å². The minimum atomic E-state index is -0.590. The Morgan fingerprint density at radius 3 is 2.67 bits per heavy atom. The average molecular weight is 334 g/mol. The third-order valence-corrected chi connectivity index (χ3v) is 4.62. The average Bonchev–Trinajstić information content (AvgIpc) is 2.75. The molecule has 0 aliphatic rings. The van der Waals surface area contributed by atoms with E-state index in [1.54, 1.807) is 0 Å². The number of methoxy groups -OCH3 is 1. The largest absolute Gasteiger partial charge is 0.469 e. The van der Waals surface area contributed by atoms with Gasteiger partial charge in [0.2, 0.25) is 0 Å². The maximum Gasteiger partial charge on any atom is 0.307 e. The van der Waals surface area contributed by atoms with Crippen molar-refractivity contribution in [2.75, 3.05) is 7.11 Å². The molecule has 0 spiro atoms. The third-order valence-electron chi connectivity index (χ3n) is 2.78. The van der Waals surface area contributed by atoms with Gasteiger partial charge >= 0.3 is 5.97 Å². The first-order chi connectivity index (χ1) is 8.41. The summed E-state index contributed by atoms with van der Waals surface area (Å²) < 4.78 is 5.41. The summed E-state index contributed by atoms with van der Waals surface area (Å²) in [6, 6.07) is 1.82. The summed E-state index contributed by atoms with van der Waals surface area (Å²) in [4.78, 5) is 24.0. The van der Waals surface area contributed by atoms with E-state index in [4.69, 9.17) is 0 Å². The molecule has 1 amide bonds. The molecule has 0 aliphatic heterocycles. The summed E-state index contributed by atoms with van der Waals surface area (Å²) in [5.41, 5.74) is -0.590. The van der Waals surface area contributed by atoms with Crippen LogP contribution in [0.5, 0.6) is 0 Å². The number of thiophene rings is 1. The van der Waals surface area contributed by atoms with Gasteiger partial charge in [-0.05, 0) is 40.7 Å². The molecule has 18 heavy (non-hydrogen) atoms. The molecule has 1 aromatic rings. The van der Waals surface area contributed by atoms with Gasteiger partial charge in [0.05, 0.1) is 13.5 Å². The van der Waals surface area contributed by atoms with E-state index >= 15 is 0 Å². The topological polar surface area (TPSA) is 55.4 Å². The summed E-state index contributed by atoms with van der Waals surface area (Å²) in [5, 5.41) is 4.73. The van der Waals surface area contributed by atoms with Crippen LogP contribution in [-0.4, -0.2) is 24.5 Å². The smallest absolute Gasteiger partial charge is 0.307 e. The van der Waals surface area contributed by atoms with Gasteiger partial charge in [0, 0.05) is 10.0 Å². The van der Waals surface area contributed by atoms with Gasteiger partial charge in [-0.2, -0.15) is 0 Å². The van der Waals surface area contributed by atoms with Crippen molar-refractivity contribution in [2.45, 2.75) is 32.2 Å². The number of carbonyl (C=O) groups is 2. The van der Waals surface area contributed by atoms with Gasteiger partial charge in [-0.3, -0.25) is 9.59 Å². The van der Waals surface area contributed by atoms with E-state index < -0.39 is 5.54 Å². The Morgan fingerprint density at radius 1 is 1.56 bits per heavy atom. The molecule has 6 heteroatoms. The van der Waals surface area contributed by atoms with Crippen LogP contribution in [0.4, 0.5) is 0 Å². The molecule has 0 fully saturated rings. The molecule has 100 valence electrons. The molecule has 1 heterocycles. The van der Waals surface area contributed by atoms with E-state index in [2.05, 4.69) is 26.0 Å². The minimum absolute atomic E-state index is 0.161. The van der Waals surface area contributed by atoms with Crippen LogP contribution in [0.25, 0.3) is 0 Å². The number of nitrogens with one attached hydrogen (secondary N) is 1. The predicted molar refractivity (Wildman–Crippen MR) is 74.8 cm³/mol. The van der Waals surface area contributed by atoms with Crippen molar-refractivity contribution >= 4 is 39.1 Å². The van der Waals surface area contributed by atoms with Crippen LogP contribution in [0, 0.1) is 0 Å². The molecule has 1 N–H and O–H groups in total. The Balaban J connectivity index is 2.77. The van der Waals surface area contributed by atoms with Crippen molar-refractivity contribution < 1.29 is 14.3 Å². The standard InChI is InChI=1S/C12H16BrNO3S/c1-4-12(2,7-9(15)17-3)14-11(16)10-8(13)5-6-18-10/h5-6H,4,7H2,1-3H3,(H,14,16). The fraction of sp³-hybridized carbons (Fsp3) is 0.500. The Bertz CT molecular complexity index is 446. The highest BCUT2D eigenvalue weighted by atomic mass is 79.9. The van der Waals surface area contributed by atoms with E-state index in [-0.39, 0.29) is 18.3 Å². The molecule has 0 aliphatic carbocycles. The molecule has 0 aromatic carbocycles. The summed E-state index contributed by atoms with van der Waals surface area (Å²) in [6.07, 6.45) is 0.811. The molecule has 1 atom stereocenters. The van der Waals surface area contributed by atoms with Gasteiger partial charge in [-0.1, -0.05) is 6.92 Å². The number of ether oxygens (including phenoxy) is 1. The molecule has 1 rings (SSSR count). The van der Waals surface area contributed by atoms with Crippen LogP contribution in [0.1, 0.15) is 36.4 Å². The van der Waals surface area contributed by atoms with E-state index in [0.717, 1.165) is 4.47 Å². The van der Waals surface area contributed by atoms with Crippen LogP contribution < -0.4 is 5.32 Å². The minimum Gasteiger partial charge on any atom is -0.469 e. The van der Waals surface area contributed by atoms with Crippen LogP contribution in [0.15, 0.2) is 15.9 Å². The molecule has 0 radical (unpaired) electrons. The zero-order valence-electron chi connectivity index (χ0n) is 10.6. The lowest BCUT2D eigenvalue weighted by atomic mass is 9.94. The zero-order valence-corrected chi connectivity index (χ0v) is 13.0. The van der Waals surface area contributed by atoms with Gasteiger partial charge in [0.15, 0.2) is 0 Å². The number of halogens is 1. The highest BCUT2D eigenvalue weighted by Gasteiger charge is 2.29. The lowest BCUT2D eigenvalue weighted by Gasteiger charge is -2.28. The predicted octanol–water partition coefficient (Wildman–Crippen LogP) is 2.97. The van der Waals surface area contributed by atoms with E-state index in [0.29, 0.717) is 11.3 Å². The molecular formula is C12H16BrNO3S. The molecule has 0 bridgehead atoms. The monoisotopic (exact) mass is 333 g/mol. The Kier molecular flexibility index (Phi) is 5.34. The van der Waals surface area contributed by atoms with Crippen LogP contribution >= 0.6 is 27.3 Å². The van der Waals surface area contributed by atoms with Gasteiger partial charge in [-0.25, -0.2) is 0 Å². The normalized spacial score (nSPS) is 13.8. The van der Waals surface area contributed by atoms with Crippen molar-refractivity contribution in [3.8, 4) is 0 Å². The number of amides is 1. The molecule has 1 unspecified atom stereocenters. The van der Waals surface area contributed by atoms with Crippen molar-refractivity contribution in [2.24, 2.45) is 0 Å². The number of rotatable bonds is 5. The molecule has 0 saturated heterocycles. The Morgan fingerprint density at radius 2 is 2.22 bits per heavy atom. The summed E-state index contributed by atoms with van der Waals surface area (Å²) >= 11 is 4.68. The highest BCUT2D eigenvalue weighted by Crippen LogP contribution is 2.24. The first-order valence-electron chi connectivity index (χ1n) is 5.54. The fourth-order valence-electron chi connectivity index (χ4n) is 1.43. The number of esters is 1. The first-order valence-corrected chi connectivity index (χ1v) is 7.21. The summed E-state index contributed by atoms with van der Waals surface area (Å²) in [7, 11) is 1.34. The zero-order chi connectivity index (χ0) is 13.8. The summed E-state index contributed by atoms with van der Waals surface area (Å²) in [6.45, 7) is 3.76. The van der Waals surface area contributed by atoms with Gasteiger partial charge in [0.1, 0.15) is 4.88 Å². The SMILES string of the molecule is CCC(C)(CC(=O)OC)NC(=O)c1sccc1Br. The number of carbonyl (C=O) groups excluding carboxylic acids is 2. The second kappa shape index (κ2) is 6.33. The van der Waals surface area contributed by atoms with Gasteiger partial charge in [0.25, 0.3) is 5.91 Å². The third kappa shape index (κ3) is 3.81. The van der Waals surface area contributed by atoms with Crippen LogP contribution in [0.3, 0.4) is 0 Å². The molecular weight excluding hydrogens is 318 g/mol. The lowest BCUT2D eigenvalue weighted by Crippen LogP contribution is -2.47. The maximum absolute atomic E-state index is 12.1. The Labute approximate surface area is 119 Å². The van der Waals surface area contributed by atoms with Crippen molar-refractivity contribution in [3.63, 3.8) is 0 Å². The fourth-order valence-corrected chi connectivity index (χ4v) is 2.88.